The highest BCUT2D eigenvalue weighted by molar-refractivity contribution is 8.01. The van der Waals surface area contributed by atoms with Gasteiger partial charge in [-0.2, -0.15) is 0 Å². The van der Waals surface area contributed by atoms with Crippen LogP contribution in [0.25, 0.3) is 10.2 Å². The molecule has 3 aromatic heterocycles. The summed E-state index contributed by atoms with van der Waals surface area (Å²) in [5, 5.41) is 4.13. The van der Waals surface area contributed by atoms with Crippen LogP contribution in [-0.2, 0) is 6.42 Å². The first-order chi connectivity index (χ1) is 8.76. The van der Waals surface area contributed by atoms with Gasteiger partial charge in [-0.15, -0.1) is 22.7 Å². The molecule has 3 heterocycles. The van der Waals surface area contributed by atoms with Crippen LogP contribution >= 0.6 is 34.4 Å². The lowest BCUT2D eigenvalue weighted by Gasteiger charge is -2.00. The van der Waals surface area contributed by atoms with Gasteiger partial charge in [-0.25, -0.2) is 9.97 Å². The molecule has 0 radical (unpaired) electrons. The number of hydrogen-bond donors (Lipinski definition) is 1. The van der Waals surface area contributed by atoms with Gasteiger partial charge in [-0.05, 0) is 23.9 Å². The van der Waals surface area contributed by atoms with Crippen molar-refractivity contribution in [2.75, 3.05) is 5.73 Å². The molecule has 0 aliphatic rings. The Balaban J connectivity index is 2.11. The van der Waals surface area contributed by atoms with Crippen molar-refractivity contribution < 1.29 is 0 Å². The molecule has 92 valence electrons. The van der Waals surface area contributed by atoms with Gasteiger partial charge in [0, 0.05) is 10.3 Å². The van der Waals surface area contributed by atoms with Crippen molar-refractivity contribution in [2.24, 2.45) is 0 Å². The maximum atomic E-state index is 5.78. The molecule has 0 fully saturated rings. The summed E-state index contributed by atoms with van der Waals surface area (Å²) in [6, 6.07) is 6.31. The number of anilines is 1. The van der Waals surface area contributed by atoms with E-state index in [1.165, 1.54) is 9.09 Å². The van der Waals surface area contributed by atoms with Gasteiger partial charge in [-0.3, -0.25) is 0 Å². The second-order valence-corrected chi connectivity index (χ2v) is 7.06. The minimum atomic E-state index is 0.353. The standard InChI is InChI=1S/C12H11N3S3/c1-2-7-6-8-10(17-7)14-12(13)15-11(8)18-9-4-3-5-16-9/h3-6H,2H2,1H3,(H2,13,14,15). The molecule has 3 aromatic rings. The topological polar surface area (TPSA) is 51.8 Å². The van der Waals surface area contributed by atoms with Crippen molar-refractivity contribution >= 4 is 50.6 Å². The normalized spacial score (nSPS) is 11.2. The van der Waals surface area contributed by atoms with Crippen molar-refractivity contribution in [3.05, 3.63) is 28.5 Å². The summed E-state index contributed by atoms with van der Waals surface area (Å²) in [7, 11) is 0. The summed E-state index contributed by atoms with van der Waals surface area (Å²) in [4.78, 5) is 11.0. The molecule has 0 aliphatic carbocycles. The number of nitrogens with zero attached hydrogens (tertiary/aromatic N) is 2. The van der Waals surface area contributed by atoms with Crippen LogP contribution in [0.3, 0.4) is 0 Å². The molecule has 0 atom stereocenters. The van der Waals surface area contributed by atoms with E-state index >= 15 is 0 Å². The van der Waals surface area contributed by atoms with Gasteiger partial charge in [0.1, 0.15) is 9.86 Å². The Morgan fingerprint density at radius 1 is 1.39 bits per heavy atom. The highest BCUT2D eigenvalue weighted by atomic mass is 32.2. The molecule has 0 amide bonds. The lowest BCUT2D eigenvalue weighted by molar-refractivity contribution is 1.12. The second-order valence-electron chi connectivity index (χ2n) is 3.71. The van der Waals surface area contributed by atoms with E-state index in [2.05, 4.69) is 34.4 Å². The van der Waals surface area contributed by atoms with Crippen molar-refractivity contribution in [2.45, 2.75) is 22.6 Å². The van der Waals surface area contributed by atoms with Crippen molar-refractivity contribution in [3.8, 4) is 0 Å². The molecule has 2 N–H and O–H groups in total. The van der Waals surface area contributed by atoms with Crippen LogP contribution in [0, 0.1) is 0 Å². The van der Waals surface area contributed by atoms with Gasteiger partial charge < -0.3 is 5.73 Å². The van der Waals surface area contributed by atoms with Crippen LogP contribution < -0.4 is 5.73 Å². The zero-order valence-electron chi connectivity index (χ0n) is 9.71. The number of fused-ring (bicyclic) bond motifs is 1. The predicted molar refractivity (Wildman–Crippen MR) is 79.6 cm³/mol. The Morgan fingerprint density at radius 2 is 2.28 bits per heavy atom. The lowest BCUT2D eigenvalue weighted by Crippen LogP contribution is -1.95. The quantitative estimate of drug-likeness (QED) is 0.740. The number of aromatic nitrogens is 2. The zero-order chi connectivity index (χ0) is 12.5. The maximum Gasteiger partial charge on any atom is 0.222 e. The lowest BCUT2D eigenvalue weighted by atomic mass is 10.3. The molecule has 0 saturated carbocycles. The maximum absolute atomic E-state index is 5.78. The van der Waals surface area contributed by atoms with Crippen molar-refractivity contribution in [3.63, 3.8) is 0 Å². The van der Waals surface area contributed by atoms with Gasteiger partial charge >= 0.3 is 0 Å². The highest BCUT2D eigenvalue weighted by Crippen LogP contribution is 2.37. The van der Waals surface area contributed by atoms with Crippen molar-refractivity contribution in [1.82, 2.24) is 9.97 Å². The molecule has 3 rings (SSSR count). The minimum absolute atomic E-state index is 0.353. The number of thiophene rings is 2. The van der Waals surface area contributed by atoms with E-state index in [1.807, 2.05) is 6.07 Å². The average Bonchev–Trinajstić information content (AvgIpc) is 2.97. The third-order valence-corrected chi connectivity index (χ3v) is 5.68. The summed E-state index contributed by atoms with van der Waals surface area (Å²) < 4.78 is 1.22. The fraction of sp³-hybridized carbons (Fsp3) is 0.167. The van der Waals surface area contributed by atoms with E-state index in [-0.39, 0.29) is 0 Å². The predicted octanol–water partition coefficient (Wildman–Crippen LogP) is 4.05. The van der Waals surface area contributed by atoms with Crippen LogP contribution in [0.15, 0.2) is 32.8 Å². The van der Waals surface area contributed by atoms with E-state index in [0.29, 0.717) is 5.95 Å². The van der Waals surface area contributed by atoms with Gasteiger partial charge in [0.05, 0.1) is 4.21 Å². The Hall–Kier alpha value is -1.11. The first-order valence-electron chi connectivity index (χ1n) is 5.53. The van der Waals surface area contributed by atoms with Crippen molar-refractivity contribution in [1.29, 1.82) is 0 Å². The fourth-order valence-electron chi connectivity index (χ4n) is 1.63. The van der Waals surface area contributed by atoms with Crippen LogP contribution in [0.5, 0.6) is 0 Å². The molecule has 3 nitrogen and oxygen atoms in total. The molecule has 0 bridgehead atoms. The summed E-state index contributed by atoms with van der Waals surface area (Å²) >= 11 is 5.06. The molecule has 18 heavy (non-hydrogen) atoms. The summed E-state index contributed by atoms with van der Waals surface area (Å²) in [6.45, 7) is 2.15. The first kappa shape index (κ1) is 12.0. The van der Waals surface area contributed by atoms with Gasteiger partial charge in [0.2, 0.25) is 5.95 Å². The van der Waals surface area contributed by atoms with Gasteiger partial charge in [0.25, 0.3) is 0 Å². The number of nitrogen functional groups attached to an aromatic ring is 1. The van der Waals surface area contributed by atoms with E-state index in [4.69, 9.17) is 5.73 Å². The molecular weight excluding hydrogens is 282 g/mol. The highest BCUT2D eigenvalue weighted by Gasteiger charge is 2.11. The molecule has 0 aromatic carbocycles. The SMILES string of the molecule is CCc1cc2c(Sc3cccs3)nc(N)nc2s1. The van der Waals surface area contributed by atoms with E-state index in [9.17, 15) is 0 Å². The minimum Gasteiger partial charge on any atom is -0.368 e. The Kier molecular flexibility index (Phi) is 3.23. The molecule has 0 unspecified atom stereocenters. The third kappa shape index (κ3) is 2.23. The van der Waals surface area contributed by atoms with E-state index < -0.39 is 0 Å². The largest absolute Gasteiger partial charge is 0.368 e. The monoisotopic (exact) mass is 293 g/mol. The molecule has 0 spiro atoms. The van der Waals surface area contributed by atoms with Gasteiger partial charge in [0.15, 0.2) is 0 Å². The summed E-state index contributed by atoms with van der Waals surface area (Å²) in [5.41, 5.74) is 5.78. The first-order valence-corrected chi connectivity index (χ1v) is 8.05. The number of aryl methyl sites for hydroxylation is 1. The molecule has 0 aliphatic heterocycles. The molecule has 0 saturated heterocycles. The molecular formula is C12H11N3S3. The van der Waals surface area contributed by atoms with E-state index in [1.54, 1.807) is 34.4 Å². The second kappa shape index (κ2) is 4.87. The number of nitrogens with two attached hydrogens (primary N) is 1. The zero-order valence-corrected chi connectivity index (χ0v) is 12.2. The summed E-state index contributed by atoms with van der Waals surface area (Å²) in [6.07, 6.45) is 1.02. The van der Waals surface area contributed by atoms with Crippen LogP contribution in [0.4, 0.5) is 5.95 Å². The van der Waals surface area contributed by atoms with Crippen LogP contribution in [-0.4, -0.2) is 9.97 Å². The van der Waals surface area contributed by atoms with Gasteiger partial charge in [-0.1, -0.05) is 24.8 Å². The number of hydrogen-bond acceptors (Lipinski definition) is 6. The third-order valence-electron chi connectivity index (χ3n) is 2.47. The average molecular weight is 293 g/mol. The Labute approximate surface area is 117 Å². The van der Waals surface area contributed by atoms with E-state index in [0.717, 1.165) is 21.7 Å². The fourth-order valence-corrected chi connectivity index (χ4v) is 4.45. The summed E-state index contributed by atoms with van der Waals surface area (Å²) in [5.74, 6) is 0.353. The Morgan fingerprint density at radius 3 is 3.00 bits per heavy atom. The smallest absolute Gasteiger partial charge is 0.222 e. The van der Waals surface area contributed by atoms with Crippen LogP contribution in [0.2, 0.25) is 0 Å². The number of rotatable bonds is 3. The van der Waals surface area contributed by atoms with Crippen LogP contribution in [0.1, 0.15) is 11.8 Å². The Bertz CT molecular complexity index is 673. The molecule has 6 heteroatoms.